The van der Waals surface area contributed by atoms with Gasteiger partial charge in [0.2, 0.25) is 6.41 Å². The number of amides is 1. The highest BCUT2D eigenvalue weighted by atomic mass is 19.1. The first-order valence-corrected chi connectivity index (χ1v) is 4.45. The van der Waals surface area contributed by atoms with E-state index in [0.29, 0.717) is 6.54 Å². The van der Waals surface area contributed by atoms with Crippen LogP contribution in [0.2, 0.25) is 0 Å². The zero-order chi connectivity index (χ0) is 10.1. The topological polar surface area (TPSA) is 23.6 Å². The number of rotatable bonds is 1. The van der Waals surface area contributed by atoms with Gasteiger partial charge in [-0.3, -0.25) is 4.79 Å². The molecule has 1 aliphatic heterocycles. The van der Waals surface area contributed by atoms with Gasteiger partial charge in [-0.15, -0.1) is 0 Å². The molecule has 1 heterocycles. The van der Waals surface area contributed by atoms with Gasteiger partial charge >= 0.3 is 0 Å². The van der Waals surface area contributed by atoms with E-state index < -0.39 is 0 Å². The normalized spacial score (nSPS) is 15.3. The molecule has 0 aromatic heterocycles. The highest BCUT2D eigenvalue weighted by Crippen LogP contribution is 2.31. The SMILES string of the molecule is CN1CCN(C=O)c2ccc(F)cc21. The highest BCUT2D eigenvalue weighted by Gasteiger charge is 2.19. The van der Waals surface area contributed by atoms with Gasteiger partial charge in [0.05, 0.1) is 11.4 Å². The molecule has 0 atom stereocenters. The molecule has 1 aromatic rings. The number of benzene rings is 1. The molecule has 0 fully saturated rings. The van der Waals surface area contributed by atoms with Crippen LogP contribution in [0.4, 0.5) is 15.8 Å². The summed E-state index contributed by atoms with van der Waals surface area (Å²) in [6.45, 7) is 1.38. The molecule has 0 saturated carbocycles. The summed E-state index contributed by atoms with van der Waals surface area (Å²) >= 11 is 0. The Labute approximate surface area is 81.7 Å². The summed E-state index contributed by atoms with van der Waals surface area (Å²) in [4.78, 5) is 14.3. The Morgan fingerprint density at radius 3 is 2.86 bits per heavy atom. The number of likely N-dealkylation sites (N-methyl/N-ethyl adjacent to an activating group) is 1. The molecule has 4 heteroatoms. The van der Waals surface area contributed by atoms with Crippen molar-refractivity contribution < 1.29 is 9.18 Å². The molecule has 1 aliphatic rings. The Bertz CT molecular complexity index is 367. The molecule has 0 N–H and O–H groups in total. The van der Waals surface area contributed by atoms with Crippen LogP contribution in [0.15, 0.2) is 18.2 Å². The van der Waals surface area contributed by atoms with Crippen LogP contribution >= 0.6 is 0 Å². The fraction of sp³-hybridized carbons (Fsp3) is 0.300. The van der Waals surface area contributed by atoms with E-state index in [1.54, 1.807) is 11.0 Å². The Hall–Kier alpha value is -1.58. The van der Waals surface area contributed by atoms with Gasteiger partial charge in [0.1, 0.15) is 5.82 Å². The summed E-state index contributed by atoms with van der Waals surface area (Å²) in [7, 11) is 1.89. The van der Waals surface area contributed by atoms with E-state index in [1.165, 1.54) is 12.1 Å². The second-order valence-electron chi connectivity index (χ2n) is 3.35. The average Bonchev–Trinajstić information content (AvgIpc) is 2.19. The zero-order valence-corrected chi connectivity index (χ0v) is 7.90. The van der Waals surface area contributed by atoms with Gasteiger partial charge < -0.3 is 9.80 Å². The summed E-state index contributed by atoms with van der Waals surface area (Å²) in [6, 6.07) is 4.45. The lowest BCUT2D eigenvalue weighted by Crippen LogP contribution is -2.38. The van der Waals surface area contributed by atoms with Crippen LogP contribution in [0.25, 0.3) is 0 Å². The monoisotopic (exact) mass is 194 g/mol. The second-order valence-corrected chi connectivity index (χ2v) is 3.35. The summed E-state index contributed by atoms with van der Waals surface area (Å²) < 4.78 is 13.0. The number of fused-ring (bicyclic) bond motifs is 1. The van der Waals surface area contributed by atoms with Gasteiger partial charge in [-0.2, -0.15) is 0 Å². The number of nitrogens with zero attached hydrogens (tertiary/aromatic N) is 2. The molecular formula is C10H11FN2O. The molecule has 0 bridgehead atoms. The van der Waals surface area contributed by atoms with E-state index in [0.717, 1.165) is 24.3 Å². The van der Waals surface area contributed by atoms with Crippen molar-refractivity contribution in [2.45, 2.75) is 0 Å². The Morgan fingerprint density at radius 2 is 2.14 bits per heavy atom. The third kappa shape index (κ3) is 1.32. The summed E-state index contributed by atoms with van der Waals surface area (Å²) in [6.07, 6.45) is 0.781. The first-order chi connectivity index (χ1) is 6.72. The largest absolute Gasteiger partial charge is 0.371 e. The van der Waals surface area contributed by atoms with Gasteiger partial charge in [-0.25, -0.2) is 4.39 Å². The molecule has 0 saturated heterocycles. The van der Waals surface area contributed by atoms with E-state index >= 15 is 0 Å². The molecule has 3 nitrogen and oxygen atoms in total. The van der Waals surface area contributed by atoms with Crippen molar-refractivity contribution in [1.29, 1.82) is 0 Å². The van der Waals surface area contributed by atoms with E-state index in [2.05, 4.69) is 0 Å². The van der Waals surface area contributed by atoms with Crippen molar-refractivity contribution in [3.63, 3.8) is 0 Å². The van der Waals surface area contributed by atoms with Crippen molar-refractivity contribution in [2.24, 2.45) is 0 Å². The first-order valence-electron chi connectivity index (χ1n) is 4.45. The van der Waals surface area contributed by atoms with Crippen LogP contribution in [0.5, 0.6) is 0 Å². The van der Waals surface area contributed by atoms with Gasteiger partial charge in [0.15, 0.2) is 0 Å². The number of anilines is 2. The summed E-state index contributed by atoms with van der Waals surface area (Å²) in [5, 5.41) is 0. The van der Waals surface area contributed by atoms with Crippen LogP contribution in [0.1, 0.15) is 0 Å². The molecule has 1 amide bonds. The molecule has 2 rings (SSSR count). The molecule has 0 unspecified atom stereocenters. The minimum absolute atomic E-state index is 0.275. The molecule has 0 aliphatic carbocycles. The standard InChI is InChI=1S/C10H11FN2O/c1-12-4-5-13(7-14)9-3-2-8(11)6-10(9)12/h2-3,6-7H,4-5H2,1H3. The molecule has 14 heavy (non-hydrogen) atoms. The van der Waals surface area contributed by atoms with Crippen molar-refractivity contribution in [2.75, 3.05) is 29.9 Å². The van der Waals surface area contributed by atoms with Crippen LogP contribution in [0.3, 0.4) is 0 Å². The smallest absolute Gasteiger partial charge is 0.214 e. The molecular weight excluding hydrogens is 183 g/mol. The minimum Gasteiger partial charge on any atom is -0.371 e. The fourth-order valence-corrected chi connectivity index (χ4v) is 1.65. The quantitative estimate of drug-likeness (QED) is 0.628. The van der Waals surface area contributed by atoms with Crippen LogP contribution in [-0.2, 0) is 4.79 Å². The van der Waals surface area contributed by atoms with Crippen molar-refractivity contribution in [3.8, 4) is 0 Å². The third-order valence-electron chi connectivity index (χ3n) is 2.46. The van der Waals surface area contributed by atoms with Crippen molar-refractivity contribution in [1.82, 2.24) is 0 Å². The van der Waals surface area contributed by atoms with Gasteiger partial charge in [0.25, 0.3) is 0 Å². The number of hydrogen-bond donors (Lipinski definition) is 0. The molecule has 0 spiro atoms. The van der Waals surface area contributed by atoms with Crippen molar-refractivity contribution >= 4 is 17.8 Å². The number of carbonyl (C=O) groups excluding carboxylic acids is 1. The van der Waals surface area contributed by atoms with E-state index in [1.807, 2.05) is 11.9 Å². The molecule has 1 aromatic carbocycles. The Kier molecular flexibility index (Phi) is 2.11. The van der Waals surface area contributed by atoms with Crippen LogP contribution in [-0.4, -0.2) is 26.5 Å². The van der Waals surface area contributed by atoms with Crippen LogP contribution in [0, 0.1) is 5.82 Å². The second kappa shape index (κ2) is 3.29. The highest BCUT2D eigenvalue weighted by molar-refractivity contribution is 5.85. The number of carbonyl (C=O) groups is 1. The first kappa shape index (κ1) is 8.99. The maximum absolute atomic E-state index is 13.0. The fourth-order valence-electron chi connectivity index (χ4n) is 1.65. The summed E-state index contributed by atoms with van der Waals surface area (Å²) in [5.41, 5.74) is 1.54. The van der Waals surface area contributed by atoms with Crippen molar-refractivity contribution in [3.05, 3.63) is 24.0 Å². The predicted octanol–water partition coefficient (Wildman–Crippen LogP) is 1.24. The minimum atomic E-state index is -0.275. The average molecular weight is 194 g/mol. The Balaban J connectivity index is 2.50. The molecule has 74 valence electrons. The van der Waals surface area contributed by atoms with Gasteiger partial charge in [0, 0.05) is 20.1 Å². The van der Waals surface area contributed by atoms with E-state index in [-0.39, 0.29) is 5.82 Å². The lowest BCUT2D eigenvalue weighted by molar-refractivity contribution is -0.107. The number of halogens is 1. The van der Waals surface area contributed by atoms with Gasteiger partial charge in [-0.05, 0) is 18.2 Å². The third-order valence-corrected chi connectivity index (χ3v) is 2.46. The zero-order valence-electron chi connectivity index (χ0n) is 7.90. The maximum atomic E-state index is 13.0. The van der Waals surface area contributed by atoms with Gasteiger partial charge in [-0.1, -0.05) is 0 Å². The predicted molar refractivity (Wildman–Crippen MR) is 53.1 cm³/mol. The Morgan fingerprint density at radius 1 is 1.36 bits per heavy atom. The lowest BCUT2D eigenvalue weighted by Gasteiger charge is -2.33. The van der Waals surface area contributed by atoms with Crippen LogP contribution < -0.4 is 9.80 Å². The maximum Gasteiger partial charge on any atom is 0.214 e. The van der Waals surface area contributed by atoms with E-state index in [9.17, 15) is 9.18 Å². The van der Waals surface area contributed by atoms with E-state index in [4.69, 9.17) is 0 Å². The molecule has 0 radical (unpaired) electrons. The summed E-state index contributed by atoms with van der Waals surface area (Å²) in [5.74, 6) is -0.275. The lowest BCUT2D eigenvalue weighted by atomic mass is 10.2. The number of hydrogen-bond acceptors (Lipinski definition) is 2.